The van der Waals surface area contributed by atoms with Crippen LogP contribution in [0.1, 0.15) is 16.7 Å². The Morgan fingerprint density at radius 2 is 1.88 bits per heavy atom. The molecule has 0 spiro atoms. The van der Waals surface area contributed by atoms with E-state index in [0.29, 0.717) is 5.88 Å². The molecule has 80 valence electrons. The molecule has 0 atom stereocenters. The summed E-state index contributed by atoms with van der Waals surface area (Å²) in [4.78, 5) is 0. The molecule has 2 aromatic rings. The lowest BCUT2D eigenvalue weighted by Gasteiger charge is -2.05. The van der Waals surface area contributed by atoms with Crippen molar-refractivity contribution in [2.45, 2.75) is 12.8 Å². The number of allylic oxidation sites excluding steroid dienone is 1. The zero-order valence-corrected chi connectivity index (χ0v) is 9.80. The molecule has 2 aromatic carbocycles. The van der Waals surface area contributed by atoms with Crippen LogP contribution < -0.4 is 0 Å². The number of alkyl halides is 1. The molecule has 0 radical (unpaired) electrons. The maximum atomic E-state index is 5.69. The van der Waals surface area contributed by atoms with Gasteiger partial charge < -0.3 is 0 Å². The number of hydrogen-bond donors (Lipinski definition) is 0. The van der Waals surface area contributed by atoms with Crippen molar-refractivity contribution in [3.8, 4) is 0 Å². The lowest BCUT2D eigenvalue weighted by molar-refractivity contribution is 1.02. The highest BCUT2D eigenvalue weighted by Gasteiger charge is 2.14. The molecule has 0 nitrogen and oxygen atoms in total. The normalized spacial score (nSPS) is 14.1. The maximum absolute atomic E-state index is 5.69. The summed E-state index contributed by atoms with van der Waals surface area (Å²) < 4.78 is 0. The Hall–Kier alpha value is -1.27. The largest absolute Gasteiger partial charge is 0.122 e. The summed E-state index contributed by atoms with van der Waals surface area (Å²) in [6, 6.07) is 11.1. The van der Waals surface area contributed by atoms with Crippen LogP contribution in [0.15, 0.2) is 36.4 Å². The van der Waals surface area contributed by atoms with Crippen molar-refractivity contribution < 1.29 is 0 Å². The van der Waals surface area contributed by atoms with Gasteiger partial charge in [-0.3, -0.25) is 0 Å². The molecule has 0 heterocycles. The summed E-state index contributed by atoms with van der Waals surface area (Å²) in [6.45, 7) is 0. The Labute approximate surface area is 101 Å². The summed E-state index contributed by atoms with van der Waals surface area (Å²) in [5, 5.41) is 2.84. The fourth-order valence-corrected chi connectivity index (χ4v) is 2.68. The van der Waals surface area contributed by atoms with Crippen molar-refractivity contribution in [1.29, 1.82) is 0 Å². The quantitative estimate of drug-likeness (QED) is 0.677. The molecule has 1 heteroatoms. The molecule has 0 fully saturated rings. The first-order chi connectivity index (χ1) is 7.90. The fourth-order valence-electron chi connectivity index (χ4n) is 2.59. The van der Waals surface area contributed by atoms with Crippen molar-refractivity contribution in [2.24, 2.45) is 0 Å². The lowest BCUT2D eigenvalue weighted by Crippen LogP contribution is -1.82. The maximum Gasteiger partial charge on any atom is 0.0407 e. The predicted molar refractivity (Wildman–Crippen MR) is 71.1 cm³/mol. The van der Waals surface area contributed by atoms with Crippen LogP contribution in [-0.2, 0) is 12.8 Å². The molecule has 1 aliphatic rings. The first-order valence-electron chi connectivity index (χ1n) is 5.66. The van der Waals surface area contributed by atoms with Crippen LogP contribution in [0.5, 0.6) is 0 Å². The molecule has 0 bridgehead atoms. The van der Waals surface area contributed by atoms with Gasteiger partial charge in [-0.05, 0) is 40.3 Å². The van der Waals surface area contributed by atoms with Crippen molar-refractivity contribution >= 4 is 28.4 Å². The van der Waals surface area contributed by atoms with Crippen LogP contribution in [0.25, 0.3) is 16.8 Å². The van der Waals surface area contributed by atoms with Gasteiger partial charge in [0.15, 0.2) is 0 Å². The van der Waals surface area contributed by atoms with Gasteiger partial charge in [-0.25, -0.2) is 0 Å². The van der Waals surface area contributed by atoms with Gasteiger partial charge in [0.05, 0.1) is 0 Å². The Balaban J connectivity index is 2.29. The van der Waals surface area contributed by atoms with E-state index in [2.05, 4.69) is 36.4 Å². The van der Waals surface area contributed by atoms with Gasteiger partial charge in [0.25, 0.3) is 0 Å². The second-order valence-corrected chi connectivity index (χ2v) is 4.52. The minimum Gasteiger partial charge on any atom is -0.122 e. The Kier molecular flexibility index (Phi) is 2.45. The van der Waals surface area contributed by atoms with Crippen molar-refractivity contribution in [1.82, 2.24) is 0 Å². The van der Waals surface area contributed by atoms with Crippen molar-refractivity contribution in [2.75, 3.05) is 5.88 Å². The van der Waals surface area contributed by atoms with E-state index in [1.807, 2.05) is 6.08 Å². The van der Waals surface area contributed by atoms with E-state index in [1.165, 1.54) is 40.3 Å². The summed E-state index contributed by atoms with van der Waals surface area (Å²) >= 11 is 5.69. The molecule has 1 aliphatic carbocycles. The Morgan fingerprint density at radius 1 is 1.06 bits per heavy atom. The summed E-state index contributed by atoms with van der Waals surface area (Å²) in [7, 11) is 0. The number of hydrogen-bond acceptors (Lipinski definition) is 0. The van der Waals surface area contributed by atoms with Crippen LogP contribution >= 0.6 is 11.6 Å². The first-order valence-corrected chi connectivity index (χ1v) is 6.19. The molecular weight excluding hydrogens is 216 g/mol. The second kappa shape index (κ2) is 3.95. The van der Waals surface area contributed by atoms with Crippen LogP contribution in [0.3, 0.4) is 0 Å². The van der Waals surface area contributed by atoms with E-state index < -0.39 is 0 Å². The minimum absolute atomic E-state index is 0.572. The van der Waals surface area contributed by atoms with E-state index >= 15 is 0 Å². The zero-order valence-electron chi connectivity index (χ0n) is 9.04. The van der Waals surface area contributed by atoms with Crippen LogP contribution in [0, 0.1) is 0 Å². The average molecular weight is 229 g/mol. The van der Waals surface area contributed by atoms with Gasteiger partial charge in [0, 0.05) is 5.88 Å². The number of aryl methyl sites for hydroxylation is 2. The zero-order chi connectivity index (χ0) is 11.0. The molecular formula is C15H13Cl. The van der Waals surface area contributed by atoms with Gasteiger partial charge in [0.1, 0.15) is 0 Å². The van der Waals surface area contributed by atoms with E-state index in [9.17, 15) is 0 Å². The molecule has 3 rings (SSSR count). The molecule has 0 N–H and O–H groups in total. The highest BCUT2D eigenvalue weighted by Crippen LogP contribution is 2.33. The topological polar surface area (TPSA) is 0 Å². The predicted octanol–water partition coefficient (Wildman–Crippen LogP) is 4.19. The monoisotopic (exact) mass is 228 g/mol. The van der Waals surface area contributed by atoms with Gasteiger partial charge in [-0.15, -0.1) is 11.6 Å². The van der Waals surface area contributed by atoms with Crippen molar-refractivity contribution in [3.05, 3.63) is 53.1 Å². The fraction of sp³-hybridized carbons (Fsp3) is 0.200. The summed E-state index contributed by atoms with van der Waals surface area (Å²) in [5.74, 6) is 0.572. The average Bonchev–Trinajstić information content (AvgIpc) is 2.74. The van der Waals surface area contributed by atoms with E-state index in [-0.39, 0.29) is 0 Å². The molecule has 0 unspecified atom stereocenters. The van der Waals surface area contributed by atoms with E-state index in [1.54, 1.807) is 0 Å². The number of rotatable bonds is 2. The van der Waals surface area contributed by atoms with Crippen molar-refractivity contribution in [3.63, 3.8) is 0 Å². The standard InChI is InChI=1S/C15H13Cl/c16-10-2-4-11-6-7-13-9-8-12-3-1-5-14(11)15(12)13/h1-7H,8-10H2. The third kappa shape index (κ3) is 1.45. The highest BCUT2D eigenvalue weighted by atomic mass is 35.5. The lowest BCUT2D eigenvalue weighted by atomic mass is 10.00. The summed E-state index contributed by atoms with van der Waals surface area (Å²) in [6.07, 6.45) is 6.50. The minimum atomic E-state index is 0.572. The van der Waals surface area contributed by atoms with Crippen LogP contribution in [0.2, 0.25) is 0 Å². The molecule has 0 aromatic heterocycles. The van der Waals surface area contributed by atoms with E-state index in [4.69, 9.17) is 11.6 Å². The van der Waals surface area contributed by atoms with Gasteiger partial charge in [0.2, 0.25) is 0 Å². The van der Waals surface area contributed by atoms with Crippen LogP contribution in [0.4, 0.5) is 0 Å². The molecule has 0 aliphatic heterocycles. The Morgan fingerprint density at radius 3 is 2.69 bits per heavy atom. The molecule has 0 saturated carbocycles. The SMILES string of the molecule is ClCC=Cc1ccc2c3c(cccc13)CC2. The Bertz CT molecular complexity index is 557. The number of halogens is 1. The molecule has 0 saturated heterocycles. The molecule has 16 heavy (non-hydrogen) atoms. The van der Waals surface area contributed by atoms with E-state index in [0.717, 1.165) is 0 Å². The smallest absolute Gasteiger partial charge is 0.0407 e. The van der Waals surface area contributed by atoms with Gasteiger partial charge in [-0.2, -0.15) is 0 Å². The van der Waals surface area contributed by atoms with Gasteiger partial charge in [-0.1, -0.05) is 42.5 Å². The third-order valence-electron chi connectivity index (χ3n) is 3.30. The molecule has 0 amide bonds. The highest BCUT2D eigenvalue weighted by molar-refractivity contribution is 6.19. The summed E-state index contributed by atoms with van der Waals surface area (Å²) in [5.41, 5.74) is 4.27. The third-order valence-corrected chi connectivity index (χ3v) is 3.48. The second-order valence-electron chi connectivity index (χ2n) is 4.21. The van der Waals surface area contributed by atoms with Crippen LogP contribution in [-0.4, -0.2) is 5.88 Å². The van der Waals surface area contributed by atoms with Gasteiger partial charge >= 0.3 is 0 Å². The number of benzene rings is 2. The first kappa shape index (κ1) is 9.92.